The van der Waals surface area contributed by atoms with Gasteiger partial charge in [0.25, 0.3) is 0 Å². The van der Waals surface area contributed by atoms with Crippen LogP contribution >= 0.6 is 23.4 Å². The Bertz CT molecular complexity index is 883. The number of nitrogens with zero attached hydrogens (tertiary/aromatic N) is 2. The topological polar surface area (TPSA) is 32.8 Å². The lowest BCUT2D eigenvalue weighted by Gasteiger charge is -2.39. The van der Waals surface area contributed by atoms with Crippen molar-refractivity contribution in [1.29, 1.82) is 0 Å². The normalized spacial score (nSPS) is 19.6. The van der Waals surface area contributed by atoms with Crippen molar-refractivity contribution in [3.8, 4) is 0 Å². The Hall–Kier alpha value is -1.53. The first-order chi connectivity index (χ1) is 14.6. The van der Waals surface area contributed by atoms with E-state index in [1.807, 2.05) is 24.8 Å². The first kappa shape index (κ1) is 21.7. The number of hydrogen-bond acceptors (Lipinski definition) is 5. The van der Waals surface area contributed by atoms with Gasteiger partial charge in [0.1, 0.15) is 0 Å². The van der Waals surface area contributed by atoms with Crippen molar-refractivity contribution in [3.05, 3.63) is 58.6 Å². The van der Waals surface area contributed by atoms with Crippen LogP contribution < -0.4 is 0 Å². The van der Waals surface area contributed by atoms with Crippen LogP contribution in [0.25, 0.3) is 0 Å². The quantitative estimate of drug-likeness (QED) is 0.460. The van der Waals surface area contributed by atoms with Crippen molar-refractivity contribution in [2.24, 2.45) is 0 Å². The lowest BCUT2D eigenvalue weighted by Crippen LogP contribution is -2.48. The molecule has 0 bridgehead atoms. The standard InChI is InChI=1S/C24H29ClN2O2S/c1-2-24(28)29-15-5-10-26-11-13-27(14-12-26)21-16-18-6-3-4-7-22(18)30-23-9-8-19(25)17-20(21)23/h3-4,6-9,17,21H,2,5,10-16H2,1H3. The van der Waals surface area contributed by atoms with Gasteiger partial charge in [-0.3, -0.25) is 9.69 Å². The maximum absolute atomic E-state index is 11.3. The second kappa shape index (κ2) is 10.2. The van der Waals surface area contributed by atoms with E-state index in [0.717, 1.165) is 50.6 Å². The summed E-state index contributed by atoms with van der Waals surface area (Å²) < 4.78 is 5.21. The molecule has 1 saturated heterocycles. The Morgan fingerprint density at radius 1 is 1.13 bits per heavy atom. The SMILES string of the molecule is CCC(=O)OCCCN1CCN(C2Cc3ccccc3Sc3ccc(Cl)cc32)CC1. The van der Waals surface area contributed by atoms with Gasteiger partial charge in [0.2, 0.25) is 0 Å². The lowest BCUT2D eigenvalue weighted by molar-refractivity contribution is -0.143. The van der Waals surface area contributed by atoms with Crippen molar-refractivity contribution in [1.82, 2.24) is 9.80 Å². The fourth-order valence-electron chi connectivity index (χ4n) is 4.28. The van der Waals surface area contributed by atoms with E-state index < -0.39 is 0 Å². The molecule has 30 heavy (non-hydrogen) atoms. The Kier molecular flexibility index (Phi) is 7.37. The largest absolute Gasteiger partial charge is 0.466 e. The van der Waals surface area contributed by atoms with E-state index >= 15 is 0 Å². The highest BCUT2D eigenvalue weighted by Gasteiger charge is 2.30. The molecule has 0 amide bonds. The molecule has 6 heteroatoms. The number of carbonyl (C=O) groups excluding carboxylic acids is 1. The molecular weight excluding hydrogens is 416 g/mol. The summed E-state index contributed by atoms with van der Waals surface area (Å²) in [6.07, 6.45) is 2.37. The van der Waals surface area contributed by atoms with E-state index in [1.54, 1.807) is 0 Å². The zero-order chi connectivity index (χ0) is 20.9. The minimum absolute atomic E-state index is 0.108. The van der Waals surface area contributed by atoms with Gasteiger partial charge in [-0.05, 0) is 48.2 Å². The molecule has 2 aliphatic heterocycles. The minimum atomic E-state index is -0.108. The number of ether oxygens (including phenoxy) is 1. The monoisotopic (exact) mass is 444 g/mol. The van der Waals surface area contributed by atoms with Crippen LogP contribution in [0, 0.1) is 0 Å². The van der Waals surface area contributed by atoms with Crippen molar-refractivity contribution >= 4 is 29.3 Å². The van der Waals surface area contributed by atoms with Crippen LogP contribution in [-0.4, -0.2) is 55.1 Å². The predicted molar refractivity (Wildman–Crippen MR) is 122 cm³/mol. The van der Waals surface area contributed by atoms with Crippen LogP contribution in [0.2, 0.25) is 5.02 Å². The fourth-order valence-corrected chi connectivity index (χ4v) is 5.58. The summed E-state index contributed by atoms with van der Waals surface area (Å²) in [5.41, 5.74) is 2.77. The Balaban J connectivity index is 1.41. The van der Waals surface area contributed by atoms with Gasteiger partial charge < -0.3 is 9.64 Å². The molecule has 2 aromatic carbocycles. The van der Waals surface area contributed by atoms with Crippen molar-refractivity contribution in [2.45, 2.75) is 42.0 Å². The number of fused-ring (bicyclic) bond motifs is 2. The maximum atomic E-state index is 11.3. The summed E-state index contributed by atoms with van der Waals surface area (Å²) in [7, 11) is 0. The third-order valence-corrected chi connectivity index (χ3v) is 7.40. The second-order valence-corrected chi connectivity index (χ2v) is 9.44. The van der Waals surface area contributed by atoms with E-state index in [2.05, 4.69) is 46.2 Å². The first-order valence-corrected chi connectivity index (χ1v) is 12.0. The summed E-state index contributed by atoms with van der Waals surface area (Å²) in [5, 5.41) is 0.811. The highest BCUT2D eigenvalue weighted by Crippen LogP contribution is 2.43. The van der Waals surface area contributed by atoms with Gasteiger partial charge in [-0.25, -0.2) is 0 Å². The van der Waals surface area contributed by atoms with E-state index in [9.17, 15) is 4.79 Å². The number of piperazine rings is 1. The third kappa shape index (κ3) is 5.20. The summed E-state index contributed by atoms with van der Waals surface area (Å²) in [6, 6.07) is 15.4. The zero-order valence-electron chi connectivity index (χ0n) is 17.5. The molecule has 0 aliphatic carbocycles. The Morgan fingerprint density at radius 3 is 2.73 bits per heavy atom. The van der Waals surface area contributed by atoms with Gasteiger partial charge in [-0.1, -0.05) is 48.5 Å². The summed E-state index contributed by atoms with van der Waals surface area (Å²) in [5.74, 6) is -0.108. The Morgan fingerprint density at radius 2 is 1.93 bits per heavy atom. The molecule has 1 atom stereocenters. The van der Waals surface area contributed by atoms with Crippen molar-refractivity contribution < 1.29 is 9.53 Å². The van der Waals surface area contributed by atoms with Crippen LogP contribution in [0.1, 0.15) is 36.9 Å². The van der Waals surface area contributed by atoms with Gasteiger partial charge in [0, 0.05) is 60.0 Å². The summed E-state index contributed by atoms with van der Waals surface area (Å²) in [6.45, 7) is 7.51. The second-order valence-electron chi connectivity index (χ2n) is 7.92. The van der Waals surface area contributed by atoms with E-state index in [4.69, 9.17) is 16.3 Å². The van der Waals surface area contributed by atoms with Crippen molar-refractivity contribution in [2.75, 3.05) is 39.3 Å². The lowest BCUT2D eigenvalue weighted by atomic mass is 9.96. The average molecular weight is 445 g/mol. The average Bonchev–Trinajstić information content (AvgIpc) is 2.93. The summed E-state index contributed by atoms with van der Waals surface area (Å²) >= 11 is 8.26. The van der Waals surface area contributed by atoms with Crippen LogP contribution in [0.3, 0.4) is 0 Å². The third-order valence-electron chi connectivity index (χ3n) is 5.95. The summed E-state index contributed by atoms with van der Waals surface area (Å²) in [4.78, 5) is 19.0. The predicted octanol–water partition coefficient (Wildman–Crippen LogP) is 5.05. The van der Waals surface area contributed by atoms with Crippen LogP contribution in [0.5, 0.6) is 0 Å². The smallest absolute Gasteiger partial charge is 0.305 e. The molecule has 0 saturated carbocycles. The highest BCUT2D eigenvalue weighted by atomic mass is 35.5. The number of benzene rings is 2. The molecule has 1 fully saturated rings. The van der Waals surface area contributed by atoms with Gasteiger partial charge in [0.05, 0.1) is 6.61 Å². The van der Waals surface area contributed by atoms with Crippen LogP contribution in [0.15, 0.2) is 52.3 Å². The molecular formula is C24H29ClN2O2S. The molecule has 0 radical (unpaired) electrons. The zero-order valence-corrected chi connectivity index (χ0v) is 19.1. The van der Waals surface area contributed by atoms with Crippen LogP contribution in [-0.2, 0) is 16.0 Å². The molecule has 2 heterocycles. The van der Waals surface area contributed by atoms with Gasteiger partial charge in [-0.2, -0.15) is 0 Å². The molecule has 2 aliphatic rings. The molecule has 2 aromatic rings. The van der Waals surface area contributed by atoms with E-state index in [-0.39, 0.29) is 5.97 Å². The molecule has 4 rings (SSSR count). The highest BCUT2D eigenvalue weighted by molar-refractivity contribution is 7.99. The van der Waals surface area contributed by atoms with E-state index in [1.165, 1.54) is 20.9 Å². The molecule has 0 N–H and O–H groups in total. The van der Waals surface area contributed by atoms with E-state index in [0.29, 0.717) is 19.1 Å². The number of esters is 1. The van der Waals surface area contributed by atoms with Gasteiger partial charge >= 0.3 is 5.97 Å². The van der Waals surface area contributed by atoms with Gasteiger partial charge in [-0.15, -0.1) is 0 Å². The van der Waals surface area contributed by atoms with Gasteiger partial charge in [0.15, 0.2) is 0 Å². The number of hydrogen-bond donors (Lipinski definition) is 0. The molecule has 4 nitrogen and oxygen atoms in total. The Labute approximate surface area is 188 Å². The maximum Gasteiger partial charge on any atom is 0.305 e. The molecule has 1 unspecified atom stereocenters. The number of rotatable bonds is 6. The fraction of sp³-hybridized carbons (Fsp3) is 0.458. The van der Waals surface area contributed by atoms with Crippen molar-refractivity contribution in [3.63, 3.8) is 0 Å². The molecule has 160 valence electrons. The number of carbonyl (C=O) groups is 1. The first-order valence-electron chi connectivity index (χ1n) is 10.8. The molecule has 0 aromatic heterocycles. The van der Waals surface area contributed by atoms with Crippen LogP contribution in [0.4, 0.5) is 0 Å². The molecule has 0 spiro atoms. The minimum Gasteiger partial charge on any atom is -0.466 e. The number of halogens is 1.